The molecule has 7 nitrogen and oxygen atoms in total. The smallest absolute Gasteiger partial charge is 0.339 e. The molecule has 1 aliphatic rings. The summed E-state index contributed by atoms with van der Waals surface area (Å²) in [5.74, 6) is -1.51. The first-order valence-electron chi connectivity index (χ1n) is 9.43. The number of carboxylic acid groups (broad SMARTS) is 1. The number of rotatable bonds is 7. The van der Waals surface area contributed by atoms with Crippen molar-refractivity contribution in [2.45, 2.75) is 25.9 Å². The molecule has 29 heavy (non-hydrogen) atoms. The SMILES string of the molecule is COc1ccc(CNC(=O)[C@H]2CC(=O)N([C@@H](C)c3ccccc3)C2)cc1C(=O)O. The van der Waals surface area contributed by atoms with Crippen molar-refractivity contribution in [2.75, 3.05) is 13.7 Å². The highest BCUT2D eigenvalue weighted by Gasteiger charge is 2.36. The third-order valence-electron chi connectivity index (χ3n) is 5.24. The van der Waals surface area contributed by atoms with E-state index < -0.39 is 11.9 Å². The van der Waals surface area contributed by atoms with Gasteiger partial charge in [0.1, 0.15) is 11.3 Å². The Morgan fingerprint density at radius 3 is 2.62 bits per heavy atom. The molecule has 0 radical (unpaired) electrons. The lowest BCUT2D eigenvalue weighted by Gasteiger charge is -2.25. The van der Waals surface area contributed by atoms with Gasteiger partial charge in [0.25, 0.3) is 0 Å². The maximum absolute atomic E-state index is 12.6. The zero-order valence-electron chi connectivity index (χ0n) is 16.4. The van der Waals surface area contributed by atoms with Crippen molar-refractivity contribution in [1.29, 1.82) is 0 Å². The molecule has 0 bridgehead atoms. The van der Waals surface area contributed by atoms with Crippen LogP contribution in [0.1, 0.15) is 40.9 Å². The molecule has 2 aromatic carbocycles. The summed E-state index contributed by atoms with van der Waals surface area (Å²) in [5.41, 5.74) is 1.72. The van der Waals surface area contributed by atoms with Crippen molar-refractivity contribution in [2.24, 2.45) is 5.92 Å². The molecule has 1 aliphatic heterocycles. The second-order valence-corrected chi connectivity index (χ2v) is 7.09. The number of aromatic carboxylic acids is 1. The van der Waals surface area contributed by atoms with Gasteiger partial charge >= 0.3 is 5.97 Å². The van der Waals surface area contributed by atoms with Crippen LogP contribution >= 0.6 is 0 Å². The highest BCUT2D eigenvalue weighted by molar-refractivity contribution is 5.91. The number of nitrogens with one attached hydrogen (secondary N) is 1. The van der Waals surface area contributed by atoms with Crippen LogP contribution in [0.25, 0.3) is 0 Å². The van der Waals surface area contributed by atoms with E-state index in [4.69, 9.17) is 4.74 Å². The molecule has 0 spiro atoms. The quantitative estimate of drug-likeness (QED) is 0.750. The van der Waals surface area contributed by atoms with E-state index >= 15 is 0 Å². The van der Waals surface area contributed by atoms with Gasteiger partial charge in [0, 0.05) is 19.5 Å². The van der Waals surface area contributed by atoms with E-state index in [0.29, 0.717) is 12.1 Å². The number of amides is 2. The fraction of sp³-hybridized carbons (Fsp3) is 0.318. The number of methoxy groups -OCH3 is 1. The van der Waals surface area contributed by atoms with Gasteiger partial charge in [-0.3, -0.25) is 9.59 Å². The molecule has 7 heteroatoms. The Kier molecular flexibility index (Phi) is 6.16. The van der Waals surface area contributed by atoms with E-state index in [9.17, 15) is 19.5 Å². The van der Waals surface area contributed by atoms with Gasteiger partial charge in [0.15, 0.2) is 0 Å². The predicted molar refractivity (Wildman–Crippen MR) is 106 cm³/mol. The summed E-state index contributed by atoms with van der Waals surface area (Å²) in [6.45, 7) is 2.50. The highest BCUT2D eigenvalue weighted by Crippen LogP contribution is 2.28. The Morgan fingerprint density at radius 1 is 1.24 bits per heavy atom. The van der Waals surface area contributed by atoms with Gasteiger partial charge in [-0.1, -0.05) is 36.4 Å². The molecule has 0 aromatic heterocycles. The first-order chi connectivity index (χ1) is 13.9. The van der Waals surface area contributed by atoms with Crippen LogP contribution in [0, 0.1) is 5.92 Å². The van der Waals surface area contributed by atoms with Crippen molar-refractivity contribution < 1.29 is 24.2 Å². The average Bonchev–Trinajstić information content (AvgIpc) is 3.13. The number of ether oxygens (including phenoxy) is 1. The van der Waals surface area contributed by atoms with Gasteiger partial charge in [0.05, 0.1) is 19.1 Å². The molecule has 1 heterocycles. The fourth-order valence-corrected chi connectivity index (χ4v) is 3.56. The van der Waals surface area contributed by atoms with Crippen LogP contribution in [0.15, 0.2) is 48.5 Å². The topological polar surface area (TPSA) is 95.9 Å². The molecule has 2 N–H and O–H groups in total. The Bertz CT molecular complexity index is 913. The molecule has 0 aliphatic carbocycles. The van der Waals surface area contributed by atoms with E-state index in [1.54, 1.807) is 17.0 Å². The van der Waals surface area contributed by atoms with Crippen LogP contribution in [0.4, 0.5) is 0 Å². The molecular weight excluding hydrogens is 372 g/mol. The summed E-state index contributed by atoms with van der Waals surface area (Å²) in [6.07, 6.45) is 0.173. The van der Waals surface area contributed by atoms with Crippen LogP contribution in [-0.4, -0.2) is 41.4 Å². The Morgan fingerprint density at radius 2 is 1.97 bits per heavy atom. The summed E-state index contributed by atoms with van der Waals surface area (Å²) < 4.78 is 5.04. The number of likely N-dealkylation sites (tertiary alicyclic amines) is 1. The van der Waals surface area contributed by atoms with Gasteiger partial charge in [0.2, 0.25) is 11.8 Å². The molecule has 0 saturated carbocycles. The third kappa shape index (κ3) is 4.56. The van der Waals surface area contributed by atoms with Crippen LogP contribution in [0.2, 0.25) is 0 Å². The lowest BCUT2D eigenvalue weighted by Crippen LogP contribution is -2.33. The van der Waals surface area contributed by atoms with Crippen LogP contribution in [0.3, 0.4) is 0 Å². The first kappa shape index (κ1) is 20.4. The second-order valence-electron chi connectivity index (χ2n) is 7.09. The first-order valence-corrected chi connectivity index (χ1v) is 9.43. The van der Waals surface area contributed by atoms with E-state index in [1.807, 2.05) is 37.3 Å². The molecule has 2 atom stereocenters. The van der Waals surface area contributed by atoms with Crippen LogP contribution < -0.4 is 10.1 Å². The summed E-state index contributed by atoms with van der Waals surface area (Å²) >= 11 is 0. The Labute approximate surface area is 169 Å². The third-order valence-corrected chi connectivity index (χ3v) is 5.24. The lowest BCUT2D eigenvalue weighted by atomic mass is 10.1. The summed E-state index contributed by atoms with van der Waals surface area (Å²) in [6, 6.07) is 14.4. The zero-order valence-corrected chi connectivity index (χ0v) is 16.4. The summed E-state index contributed by atoms with van der Waals surface area (Å²) in [7, 11) is 1.41. The van der Waals surface area contributed by atoms with Gasteiger partial charge in [-0.25, -0.2) is 4.79 Å². The van der Waals surface area contributed by atoms with Gasteiger partial charge < -0.3 is 20.1 Å². The van der Waals surface area contributed by atoms with Crippen molar-refractivity contribution in [1.82, 2.24) is 10.2 Å². The van der Waals surface area contributed by atoms with E-state index in [2.05, 4.69) is 5.32 Å². The molecule has 152 valence electrons. The summed E-state index contributed by atoms with van der Waals surface area (Å²) in [4.78, 5) is 38.1. The fourth-order valence-electron chi connectivity index (χ4n) is 3.56. The number of benzene rings is 2. The minimum atomic E-state index is -1.10. The molecule has 1 saturated heterocycles. The number of carbonyl (C=O) groups is 3. The average molecular weight is 396 g/mol. The number of nitrogens with zero attached hydrogens (tertiary/aromatic N) is 1. The number of hydrogen-bond acceptors (Lipinski definition) is 4. The van der Waals surface area contributed by atoms with Crippen LogP contribution in [0.5, 0.6) is 5.75 Å². The maximum Gasteiger partial charge on any atom is 0.339 e. The van der Waals surface area contributed by atoms with Crippen molar-refractivity contribution >= 4 is 17.8 Å². The molecule has 3 rings (SSSR count). The molecule has 2 amide bonds. The Balaban J connectivity index is 1.61. The lowest BCUT2D eigenvalue weighted by molar-refractivity contribution is -0.130. The normalized spacial score (nSPS) is 17.1. The minimum Gasteiger partial charge on any atom is -0.496 e. The van der Waals surface area contributed by atoms with E-state index in [0.717, 1.165) is 5.56 Å². The monoisotopic (exact) mass is 396 g/mol. The van der Waals surface area contributed by atoms with Gasteiger partial charge in [-0.05, 0) is 30.2 Å². The molecule has 0 unspecified atom stereocenters. The van der Waals surface area contributed by atoms with E-state index in [-0.39, 0.29) is 42.1 Å². The summed E-state index contributed by atoms with van der Waals surface area (Å²) in [5, 5.41) is 12.1. The standard InChI is InChI=1S/C22H24N2O5/c1-14(16-6-4-3-5-7-16)24-13-17(11-20(24)25)21(26)23-12-15-8-9-19(29-2)18(10-15)22(27)28/h3-10,14,17H,11-13H2,1-2H3,(H,23,26)(H,27,28)/t14-,17-/m0/s1. The predicted octanol–water partition coefficient (Wildman–Crippen LogP) is 2.62. The zero-order chi connectivity index (χ0) is 21.0. The number of carbonyl (C=O) groups excluding carboxylic acids is 2. The van der Waals surface area contributed by atoms with Crippen molar-refractivity contribution in [3.63, 3.8) is 0 Å². The van der Waals surface area contributed by atoms with Gasteiger partial charge in [-0.2, -0.15) is 0 Å². The Hall–Kier alpha value is -3.35. The number of carboxylic acids is 1. The van der Waals surface area contributed by atoms with Crippen molar-refractivity contribution in [3.8, 4) is 5.75 Å². The highest BCUT2D eigenvalue weighted by atomic mass is 16.5. The minimum absolute atomic E-state index is 0.0400. The largest absolute Gasteiger partial charge is 0.496 e. The van der Waals surface area contributed by atoms with Gasteiger partial charge in [-0.15, -0.1) is 0 Å². The second kappa shape index (κ2) is 8.77. The molecule has 2 aromatic rings. The van der Waals surface area contributed by atoms with Crippen LogP contribution in [-0.2, 0) is 16.1 Å². The van der Waals surface area contributed by atoms with Crippen molar-refractivity contribution in [3.05, 3.63) is 65.2 Å². The molecular formula is C22H24N2O5. The van der Waals surface area contributed by atoms with E-state index in [1.165, 1.54) is 13.2 Å². The molecule has 1 fully saturated rings. The maximum atomic E-state index is 12.6. The number of hydrogen-bond donors (Lipinski definition) is 2.